The highest BCUT2D eigenvalue weighted by Crippen LogP contribution is 2.30. The number of carboxylic acid groups (broad SMARTS) is 1. The van der Waals surface area contributed by atoms with Crippen LogP contribution in [0.25, 0.3) is 17.1 Å². The number of piperidine rings is 1. The van der Waals surface area contributed by atoms with Gasteiger partial charge in [-0.15, -0.1) is 0 Å². The molecular formula is C22H19ClF3N5O3. The molecule has 1 amide bonds. The van der Waals surface area contributed by atoms with E-state index in [-0.39, 0.29) is 23.5 Å². The van der Waals surface area contributed by atoms with Crippen molar-refractivity contribution >= 4 is 23.6 Å². The van der Waals surface area contributed by atoms with Crippen molar-refractivity contribution in [3.63, 3.8) is 0 Å². The lowest BCUT2D eigenvalue weighted by molar-refractivity contribution is -0.137. The van der Waals surface area contributed by atoms with E-state index < -0.39 is 23.5 Å². The molecule has 34 heavy (non-hydrogen) atoms. The molecule has 0 unspecified atom stereocenters. The minimum atomic E-state index is -4.51. The summed E-state index contributed by atoms with van der Waals surface area (Å²) in [6, 6.07) is 10.5. The number of alkyl halides is 3. The summed E-state index contributed by atoms with van der Waals surface area (Å²) >= 11 is 5.99. The van der Waals surface area contributed by atoms with Crippen molar-refractivity contribution in [2.75, 3.05) is 18.0 Å². The van der Waals surface area contributed by atoms with Gasteiger partial charge in [0.15, 0.2) is 5.82 Å². The second kappa shape index (κ2) is 9.34. The van der Waals surface area contributed by atoms with Gasteiger partial charge in [-0.2, -0.15) is 23.1 Å². The number of aromatic nitrogens is 3. The number of halogens is 4. The highest BCUT2D eigenvalue weighted by Gasteiger charge is 2.30. The summed E-state index contributed by atoms with van der Waals surface area (Å²) in [5, 5.41) is 11.8. The van der Waals surface area contributed by atoms with Crippen LogP contribution in [-0.4, -0.2) is 44.9 Å². The van der Waals surface area contributed by atoms with E-state index in [0.29, 0.717) is 36.5 Å². The fraction of sp³-hybridized carbons (Fsp3) is 0.273. The lowest BCUT2D eigenvalue weighted by atomic mass is 10.1. The molecule has 1 saturated heterocycles. The van der Waals surface area contributed by atoms with Crippen molar-refractivity contribution in [2.45, 2.75) is 25.1 Å². The van der Waals surface area contributed by atoms with Crippen molar-refractivity contribution in [1.29, 1.82) is 0 Å². The van der Waals surface area contributed by atoms with Crippen LogP contribution in [0, 0.1) is 0 Å². The minimum absolute atomic E-state index is 0.159. The van der Waals surface area contributed by atoms with Crippen LogP contribution in [0.5, 0.6) is 0 Å². The molecule has 2 N–H and O–H groups in total. The topological polar surface area (TPSA) is 100 Å². The molecule has 1 aromatic heterocycles. The van der Waals surface area contributed by atoms with Crippen LogP contribution < -0.4 is 15.9 Å². The number of hydrogen-bond donors (Lipinski definition) is 2. The molecule has 0 spiro atoms. The molecule has 8 nitrogen and oxygen atoms in total. The number of amides is 1. The summed E-state index contributed by atoms with van der Waals surface area (Å²) in [6.07, 6.45) is -4.59. The van der Waals surface area contributed by atoms with Crippen LogP contribution in [0.15, 0.2) is 53.3 Å². The zero-order valence-electron chi connectivity index (χ0n) is 17.6. The molecule has 0 radical (unpaired) electrons. The number of hydrogen-bond acceptors (Lipinski definition) is 5. The first-order valence-corrected chi connectivity index (χ1v) is 10.7. The molecule has 0 saturated carbocycles. The summed E-state index contributed by atoms with van der Waals surface area (Å²) in [7, 11) is 0. The van der Waals surface area contributed by atoms with Gasteiger partial charge >= 0.3 is 18.0 Å². The number of anilines is 1. The Balaban J connectivity index is 1.74. The molecule has 0 aliphatic carbocycles. The average molecular weight is 494 g/mol. The Bertz CT molecular complexity index is 1240. The van der Waals surface area contributed by atoms with Crippen molar-refractivity contribution in [3.8, 4) is 17.1 Å². The third kappa shape index (κ3) is 5.14. The maximum Gasteiger partial charge on any atom is 0.416 e. The van der Waals surface area contributed by atoms with E-state index in [4.69, 9.17) is 16.7 Å². The van der Waals surface area contributed by atoms with Gasteiger partial charge in [-0.05, 0) is 61.4 Å². The van der Waals surface area contributed by atoms with Crippen molar-refractivity contribution in [1.82, 2.24) is 19.9 Å². The first-order valence-electron chi connectivity index (χ1n) is 10.3. The van der Waals surface area contributed by atoms with Gasteiger partial charge in [0.05, 0.1) is 11.3 Å². The maximum atomic E-state index is 13.1. The van der Waals surface area contributed by atoms with Gasteiger partial charge in [0, 0.05) is 29.7 Å². The van der Waals surface area contributed by atoms with E-state index in [0.717, 1.165) is 16.7 Å². The molecule has 4 rings (SSSR count). The van der Waals surface area contributed by atoms with Gasteiger partial charge in [0.2, 0.25) is 5.95 Å². The first-order chi connectivity index (χ1) is 16.1. The smallest absolute Gasteiger partial charge is 0.416 e. The summed E-state index contributed by atoms with van der Waals surface area (Å²) in [6.45, 7) is 0.851. The second-order valence-electron chi connectivity index (χ2n) is 7.73. The van der Waals surface area contributed by atoms with Crippen LogP contribution in [0.1, 0.15) is 18.4 Å². The van der Waals surface area contributed by atoms with Crippen molar-refractivity contribution in [2.24, 2.45) is 0 Å². The predicted octanol–water partition coefficient (Wildman–Crippen LogP) is 4.20. The average Bonchev–Trinajstić information content (AvgIpc) is 2.79. The van der Waals surface area contributed by atoms with Crippen LogP contribution in [-0.2, 0) is 6.18 Å². The molecule has 1 fully saturated rings. The summed E-state index contributed by atoms with van der Waals surface area (Å²) in [4.78, 5) is 34.4. The van der Waals surface area contributed by atoms with E-state index in [9.17, 15) is 22.8 Å². The molecule has 3 aromatic rings. The van der Waals surface area contributed by atoms with Gasteiger partial charge in [-0.1, -0.05) is 11.6 Å². The molecule has 0 bridgehead atoms. The highest BCUT2D eigenvalue weighted by atomic mass is 35.5. The molecular weight excluding hydrogens is 475 g/mol. The van der Waals surface area contributed by atoms with Crippen LogP contribution in [0.3, 0.4) is 0 Å². The number of carbonyl (C=O) groups is 1. The van der Waals surface area contributed by atoms with Crippen LogP contribution in [0.4, 0.5) is 23.9 Å². The number of rotatable bonds is 4. The largest absolute Gasteiger partial charge is 0.465 e. The normalized spacial score (nSPS) is 14.8. The summed E-state index contributed by atoms with van der Waals surface area (Å²) in [5.41, 5.74) is -0.848. The Morgan fingerprint density at radius 3 is 2.21 bits per heavy atom. The monoisotopic (exact) mass is 493 g/mol. The highest BCUT2D eigenvalue weighted by molar-refractivity contribution is 6.30. The van der Waals surface area contributed by atoms with E-state index in [1.807, 2.05) is 0 Å². The molecule has 0 atom stereocenters. The fourth-order valence-electron chi connectivity index (χ4n) is 3.76. The van der Waals surface area contributed by atoms with Gasteiger partial charge in [0.25, 0.3) is 0 Å². The number of nitrogens with zero attached hydrogens (tertiary/aromatic N) is 4. The Morgan fingerprint density at radius 2 is 1.65 bits per heavy atom. The van der Waals surface area contributed by atoms with E-state index >= 15 is 0 Å². The summed E-state index contributed by atoms with van der Waals surface area (Å²) in [5.74, 6) is 0.351. The second-order valence-corrected chi connectivity index (χ2v) is 8.16. The predicted molar refractivity (Wildman–Crippen MR) is 119 cm³/mol. The molecule has 1 aliphatic heterocycles. The van der Waals surface area contributed by atoms with Gasteiger partial charge in [-0.25, -0.2) is 14.2 Å². The van der Waals surface area contributed by atoms with Gasteiger partial charge in [-0.3, -0.25) is 0 Å². The third-order valence-electron chi connectivity index (χ3n) is 5.47. The zero-order chi connectivity index (χ0) is 24.5. The Kier molecular flexibility index (Phi) is 6.47. The fourth-order valence-corrected chi connectivity index (χ4v) is 3.89. The van der Waals surface area contributed by atoms with E-state index in [1.54, 1.807) is 29.2 Å². The Hall–Kier alpha value is -3.60. The molecule has 178 valence electrons. The van der Waals surface area contributed by atoms with Crippen molar-refractivity contribution < 1.29 is 23.1 Å². The van der Waals surface area contributed by atoms with Gasteiger partial charge < -0.3 is 15.3 Å². The number of benzene rings is 2. The van der Waals surface area contributed by atoms with E-state index in [1.165, 1.54) is 12.1 Å². The van der Waals surface area contributed by atoms with Crippen LogP contribution >= 0.6 is 11.6 Å². The third-order valence-corrected chi connectivity index (χ3v) is 5.72. The minimum Gasteiger partial charge on any atom is -0.465 e. The molecule has 2 heterocycles. The summed E-state index contributed by atoms with van der Waals surface area (Å²) < 4.78 is 40.1. The lowest BCUT2D eigenvalue weighted by Crippen LogP contribution is -2.45. The number of nitrogens with one attached hydrogen (secondary N) is 1. The lowest BCUT2D eigenvalue weighted by Gasteiger charge is -2.32. The standard InChI is InChI=1S/C22H19ClF3N5O3/c23-15-5-1-13(2-6-15)18-28-19(30-11-9-16(10-12-30)27-21(33)34)29-20(32)31(18)17-7-3-14(4-8-17)22(24,25)26/h1-8,16,27H,9-12H2,(H,33,34). The van der Waals surface area contributed by atoms with Gasteiger partial charge in [0.1, 0.15) is 0 Å². The van der Waals surface area contributed by atoms with E-state index in [2.05, 4.69) is 15.3 Å². The Labute approximate surface area is 196 Å². The molecule has 1 aliphatic rings. The zero-order valence-corrected chi connectivity index (χ0v) is 18.3. The SMILES string of the molecule is O=C(O)NC1CCN(c2nc(-c3ccc(Cl)cc3)n(-c3ccc(C(F)(F)F)cc3)c(=O)n2)CC1. The van der Waals surface area contributed by atoms with Crippen molar-refractivity contribution in [3.05, 3.63) is 69.6 Å². The maximum absolute atomic E-state index is 13.1. The molecule has 12 heteroatoms. The quantitative estimate of drug-likeness (QED) is 0.565. The first kappa shape index (κ1) is 23.6. The Morgan fingerprint density at radius 1 is 1.03 bits per heavy atom. The molecule has 2 aromatic carbocycles. The van der Waals surface area contributed by atoms with Crippen LogP contribution in [0.2, 0.25) is 5.02 Å².